The van der Waals surface area contributed by atoms with Gasteiger partial charge in [-0.05, 0) is 55.7 Å². The van der Waals surface area contributed by atoms with Crippen molar-refractivity contribution >= 4 is 21.6 Å². The molecule has 1 amide bonds. The second kappa shape index (κ2) is 7.55. The summed E-state index contributed by atoms with van der Waals surface area (Å²) in [5.74, 6) is -0.895. The molecule has 26 heavy (non-hydrogen) atoms. The van der Waals surface area contributed by atoms with E-state index < -0.39 is 21.7 Å². The predicted octanol–water partition coefficient (Wildman–Crippen LogP) is 3.56. The van der Waals surface area contributed by atoms with Crippen molar-refractivity contribution in [2.45, 2.75) is 31.1 Å². The second-order valence-corrected chi connectivity index (χ2v) is 8.35. The lowest BCUT2D eigenvalue weighted by Gasteiger charge is -2.26. The Balaban J connectivity index is 1.82. The van der Waals surface area contributed by atoms with Crippen LogP contribution in [0.1, 0.15) is 35.2 Å². The van der Waals surface area contributed by atoms with E-state index in [0.29, 0.717) is 24.3 Å². The van der Waals surface area contributed by atoms with Crippen LogP contribution < -0.4 is 5.32 Å². The van der Waals surface area contributed by atoms with Gasteiger partial charge in [-0.15, -0.1) is 0 Å². The minimum Gasteiger partial charge on any atom is -0.322 e. The van der Waals surface area contributed by atoms with Crippen LogP contribution in [0.4, 0.5) is 10.1 Å². The number of rotatable bonds is 4. The van der Waals surface area contributed by atoms with Gasteiger partial charge in [0.1, 0.15) is 5.82 Å². The Labute approximate surface area is 152 Å². The first-order chi connectivity index (χ1) is 12.4. The van der Waals surface area contributed by atoms with Crippen LogP contribution >= 0.6 is 0 Å². The number of hydrogen-bond donors (Lipinski definition) is 1. The Hall–Kier alpha value is -2.25. The summed E-state index contributed by atoms with van der Waals surface area (Å²) in [7, 11) is -3.61. The van der Waals surface area contributed by atoms with Gasteiger partial charge in [-0.25, -0.2) is 12.8 Å². The fourth-order valence-corrected chi connectivity index (χ4v) is 4.49. The molecule has 1 heterocycles. The van der Waals surface area contributed by atoms with Crippen molar-refractivity contribution in [1.29, 1.82) is 0 Å². The van der Waals surface area contributed by atoms with Crippen molar-refractivity contribution in [3.8, 4) is 0 Å². The van der Waals surface area contributed by atoms with Crippen molar-refractivity contribution in [3.05, 3.63) is 59.4 Å². The lowest BCUT2D eigenvalue weighted by molar-refractivity contribution is 0.102. The predicted molar refractivity (Wildman–Crippen MR) is 98.1 cm³/mol. The fourth-order valence-electron chi connectivity index (χ4n) is 2.93. The number of aryl methyl sites for hydroxylation is 1. The van der Waals surface area contributed by atoms with Gasteiger partial charge >= 0.3 is 0 Å². The molecule has 0 atom stereocenters. The maximum atomic E-state index is 13.6. The Kier molecular flexibility index (Phi) is 5.38. The molecule has 0 spiro atoms. The van der Waals surface area contributed by atoms with Crippen LogP contribution in [0.3, 0.4) is 0 Å². The van der Waals surface area contributed by atoms with Gasteiger partial charge in [-0.2, -0.15) is 4.31 Å². The number of halogens is 1. The minimum atomic E-state index is -3.61. The van der Waals surface area contributed by atoms with E-state index in [1.807, 2.05) is 0 Å². The maximum Gasteiger partial charge on any atom is 0.255 e. The lowest BCUT2D eigenvalue weighted by atomic mass is 10.2. The summed E-state index contributed by atoms with van der Waals surface area (Å²) >= 11 is 0. The highest BCUT2D eigenvalue weighted by atomic mass is 32.2. The first-order valence-corrected chi connectivity index (χ1v) is 10.00. The average molecular weight is 376 g/mol. The fraction of sp³-hybridized carbons (Fsp3) is 0.316. The van der Waals surface area contributed by atoms with E-state index in [-0.39, 0.29) is 10.5 Å². The number of carbonyl (C=O) groups is 1. The van der Waals surface area contributed by atoms with E-state index >= 15 is 0 Å². The molecule has 1 fully saturated rings. The van der Waals surface area contributed by atoms with Crippen molar-refractivity contribution in [3.63, 3.8) is 0 Å². The standard InChI is InChI=1S/C19H21FN2O3S/c1-14-8-9-16(13-18(14)20)21-19(23)15-6-5-7-17(12-15)26(24,25)22-10-3-2-4-11-22/h5-9,12-13H,2-4,10-11H2,1H3,(H,21,23). The Bertz CT molecular complexity index is 922. The van der Waals surface area contributed by atoms with Gasteiger partial charge in [0, 0.05) is 24.3 Å². The maximum absolute atomic E-state index is 13.6. The molecule has 0 saturated carbocycles. The summed E-state index contributed by atoms with van der Waals surface area (Å²) in [6.07, 6.45) is 2.72. The van der Waals surface area contributed by atoms with E-state index in [0.717, 1.165) is 19.3 Å². The third kappa shape index (κ3) is 3.94. The number of nitrogens with one attached hydrogen (secondary N) is 1. The van der Waals surface area contributed by atoms with Crippen LogP contribution in [-0.4, -0.2) is 31.7 Å². The van der Waals surface area contributed by atoms with Crippen LogP contribution in [-0.2, 0) is 10.0 Å². The van der Waals surface area contributed by atoms with Gasteiger partial charge in [-0.1, -0.05) is 18.6 Å². The lowest BCUT2D eigenvalue weighted by Crippen LogP contribution is -2.35. The van der Waals surface area contributed by atoms with E-state index in [2.05, 4.69) is 5.32 Å². The normalized spacial score (nSPS) is 15.6. The van der Waals surface area contributed by atoms with E-state index in [9.17, 15) is 17.6 Å². The zero-order valence-corrected chi connectivity index (χ0v) is 15.4. The van der Waals surface area contributed by atoms with E-state index in [1.54, 1.807) is 25.1 Å². The third-order valence-electron chi connectivity index (χ3n) is 4.48. The SMILES string of the molecule is Cc1ccc(NC(=O)c2cccc(S(=O)(=O)N3CCCCC3)c2)cc1F. The minimum absolute atomic E-state index is 0.0992. The molecule has 0 aliphatic carbocycles. The van der Waals surface area contributed by atoms with Crippen molar-refractivity contribution in [1.82, 2.24) is 4.31 Å². The second-order valence-electron chi connectivity index (χ2n) is 6.41. The number of benzene rings is 2. The summed E-state index contributed by atoms with van der Waals surface area (Å²) < 4.78 is 40.6. The first kappa shape index (κ1) is 18.5. The summed E-state index contributed by atoms with van der Waals surface area (Å²) in [5, 5.41) is 2.60. The molecule has 7 heteroatoms. The number of carbonyl (C=O) groups excluding carboxylic acids is 1. The summed E-state index contributed by atoms with van der Waals surface area (Å²) in [6.45, 7) is 2.64. The van der Waals surface area contributed by atoms with Gasteiger partial charge in [0.15, 0.2) is 0 Å². The van der Waals surface area contributed by atoms with Crippen LogP contribution in [0.2, 0.25) is 0 Å². The average Bonchev–Trinajstić information content (AvgIpc) is 2.65. The molecule has 3 rings (SSSR count). The largest absolute Gasteiger partial charge is 0.322 e. The molecular weight excluding hydrogens is 355 g/mol. The molecule has 0 aromatic heterocycles. The topological polar surface area (TPSA) is 66.5 Å². The highest BCUT2D eigenvalue weighted by Crippen LogP contribution is 2.22. The summed E-state index contributed by atoms with van der Waals surface area (Å²) in [4.78, 5) is 12.5. The van der Waals surface area contributed by atoms with Crippen molar-refractivity contribution in [2.75, 3.05) is 18.4 Å². The highest BCUT2D eigenvalue weighted by Gasteiger charge is 2.26. The number of amides is 1. The van der Waals surface area contributed by atoms with E-state index in [1.165, 1.54) is 28.6 Å². The summed E-state index contributed by atoms with van der Waals surface area (Å²) in [6, 6.07) is 10.3. The Morgan fingerprint density at radius 1 is 1.08 bits per heavy atom. The number of piperidine rings is 1. The van der Waals surface area contributed by atoms with Crippen LogP contribution in [0.5, 0.6) is 0 Å². The van der Waals surface area contributed by atoms with Crippen LogP contribution in [0.25, 0.3) is 0 Å². The van der Waals surface area contributed by atoms with Crippen molar-refractivity contribution < 1.29 is 17.6 Å². The molecule has 138 valence electrons. The molecule has 0 radical (unpaired) electrons. The number of nitrogens with zero attached hydrogens (tertiary/aromatic N) is 1. The quantitative estimate of drug-likeness (QED) is 0.887. The smallest absolute Gasteiger partial charge is 0.255 e. The molecule has 2 aromatic rings. The summed E-state index contributed by atoms with van der Waals surface area (Å²) in [5.41, 5.74) is 1.02. The van der Waals surface area contributed by atoms with Gasteiger partial charge < -0.3 is 5.32 Å². The zero-order chi connectivity index (χ0) is 18.7. The number of sulfonamides is 1. The highest BCUT2D eigenvalue weighted by molar-refractivity contribution is 7.89. The molecule has 0 bridgehead atoms. The Morgan fingerprint density at radius 2 is 1.81 bits per heavy atom. The van der Waals surface area contributed by atoms with Crippen molar-refractivity contribution in [2.24, 2.45) is 0 Å². The number of anilines is 1. The zero-order valence-electron chi connectivity index (χ0n) is 14.5. The number of hydrogen-bond acceptors (Lipinski definition) is 3. The van der Waals surface area contributed by atoms with Gasteiger partial charge in [0.2, 0.25) is 10.0 Å². The molecule has 1 aliphatic heterocycles. The first-order valence-electron chi connectivity index (χ1n) is 8.55. The molecule has 1 N–H and O–H groups in total. The monoisotopic (exact) mass is 376 g/mol. The van der Waals surface area contributed by atoms with Gasteiger partial charge in [0.05, 0.1) is 4.90 Å². The van der Waals surface area contributed by atoms with Gasteiger partial charge in [0.25, 0.3) is 5.91 Å². The molecule has 1 aliphatic rings. The third-order valence-corrected chi connectivity index (χ3v) is 6.37. The van der Waals surface area contributed by atoms with Gasteiger partial charge in [-0.3, -0.25) is 4.79 Å². The molecule has 5 nitrogen and oxygen atoms in total. The van der Waals surface area contributed by atoms with E-state index in [4.69, 9.17) is 0 Å². The molecule has 0 unspecified atom stereocenters. The Morgan fingerprint density at radius 3 is 2.50 bits per heavy atom. The van der Waals surface area contributed by atoms with Crippen LogP contribution in [0.15, 0.2) is 47.4 Å². The van der Waals surface area contributed by atoms with Crippen LogP contribution in [0, 0.1) is 12.7 Å². The molecular formula is C19H21FN2O3S. The molecule has 1 saturated heterocycles. The molecule has 2 aromatic carbocycles.